The number of aromatic nitrogens is 3. The maximum absolute atomic E-state index is 12.4. The molecule has 0 aliphatic heterocycles. The van der Waals surface area contributed by atoms with Crippen molar-refractivity contribution < 1.29 is 9.59 Å². The summed E-state index contributed by atoms with van der Waals surface area (Å²) in [5.74, 6) is -0.438. The lowest BCUT2D eigenvalue weighted by Gasteiger charge is -2.10. The molecule has 7 nitrogen and oxygen atoms in total. The third kappa shape index (κ3) is 5.84. The maximum atomic E-state index is 12.4. The van der Waals surface area contributed by atoms with E-state index in [9.17, 15) is 9.59 Å². The molecule has 2 heterocycles. The average Bonchev–Trinajstić information content (AvgIpc) is 3.33. The van der Waals surface area contributed by atoms with Crippen LogP contribution < -0.4 is 11.1 Å². The number of anilines is 1. The number of amides is 2. The van der Waals surface area contributed by atoms with Crippen molar-refractivity contribution in [3.8, 4) is 0 Å². The first-order chi connectivity index (χ1) is 14.0. The first-order valence-corrected chi connectivity index (χ1v) is 11.6. The molecule has 0 spiro atoms. The Morgan fingerprint density at radius 2 is 2.00 bits per heavy atom. The van der Waals surface area contributed by atoms with Gasteiger partial charge in [0.1, 0.15) is 5.01 Å². The van der Waals surface area contributed by atoms with Crippen LogP contribution in [0.15, 0.2) is 40.1 Å². The summed E-state index contributed by atoms with van der Waals surface area (Å²) in [6, 6.07) is 10.1. The summed E-state index contributed by atoms with van der Waals surface area (Å²) < 4.78 is 0.714. The van der Waals surface area contributed by atoms with Gasteiger partial charge in [-0.05, 0) is 18.9 Å². The van der Waals surface area contributed by atoms with Crippen molar-refractivity contribution in [2.75, 3.05) is 5.32 Å². The Bertz CT molecular complexity index is 973. The molecule has 10 heteroatoms. The Balaban J connectivity index is 1.59. The zero-order valence-electron chi connectivity index (χ0n) is 16.0. The highest BCUT2D eigenvalue weighted by molar-refractivity contribution is 8.02. The van der Waals surface area contributed by atoms with Crippen LogP contribution in [0.3, 0.4) is 0 Å². The van der Waals surface area contributed by atoms with Crippen molar-refractivity contribution in [3.05, 3.63) is 52.0 Å². The molecular weight excluding hydrogens is 426 g/mol. The second kappa shape index (κ2) is 9.95. The third-order valence-electron chi connectivity index (χ3n) is 4.15. The van der Waals surface area contributed by atoms with Crippen LogP contribution in [-0.2, 0) is 16.0 Å². The molecular formula is C19H21N5O2S3. The van der Waals surface area contributed by atoms with Gasteiger partial charge in [-0.2, -0.15) is 0 Å². The Kier molecular flexibility index (Phi) is 7.34. The van der Waals surface area contributed by atoms with Gasteiger partial charge in [-0.3, -0.25) is 9.59 Å². The minimum atomic E-state index is -0.391. The lowest BCUT2D eigenvalue weighted by atomic mass is 9.97. The van der Waals surface area contributed by atoms with Crippen LogP contribution in [0.2, 0.25) is 0 Å². The lowest BCUT2D eigenvalue weighted by molar-refractivity contribution is -0.117. The molecule has 152 valence electrons. The number of benzene rings is 1. The van der Waals surface area contributed by atoms with Gasteiger partial charge < -0.3 is 11.1 Å². The monoisotopic (exact) mass is 447 g/mol. The molecule has 0 saturated carbocycles. The Hall–Kier alpha value is -2.30. The number of nitrogens with zero attached hydrogens (tertiary/aromatic N) is 3. The van der Waals surface area contributed by atoms with Gasteiger partial charge in [0.05, 0.1) is 17.4 Å². The summed E-state index contributed by atoms with van der Waals surface area (Å²) in [7, 11) is 0. The number of primary amides is 1. The Labute approximate surface area is 181 Å². The minimum Gasteiger partial charge on any atom is -0.369 e. The number of carbonyl (C=O) groups is 2. The predicted octanol–water partition coefficient (Wildman–Crippen LogP) is 3.68. The number of hydrogen-bond acceptors (Lipinski definition) is 8. The van der Waals surface area contributed by atoms with Gasteiger partial charge in [0.2, 0.25) is 16.9 Å². The molecule has 2 unspecified atom stereocenters. The number of thiazole rings is 1. The van der Waals surface area contributed by atoms with E-state index in [-0.39, 0.29) is 23.5 Å². The van der Waals surface area contributed by atoms with Crippen LogP contribution in [-0.4, -0.2) is 32.2 Å². The third-order valence-corrected chi connectivity index (χ3v) is 7.24. The van der Waals surface area contributed by atoms with Crippen LogP contribution in [0.25, 0.3) is 0 Å². The summed E-state index contributed by atoms with van der Waals surface area (Å²) in [4.78, 5) is 27.9. The van der Waals surface area contributed by atoms with Gasteiger partial charge in [0.25, 0.3) is 0 Å². The Morgan fingerprint density at radius 1 is 1.24 bits per heavy atom. The highest BCUT2D eigenvalue weighted by atomic mass is 32.2. The van der Waals surface area contributed by atoms with Crippen LogP contribution in [0.1, 0.15) is 42.5 Å². The van der Waals surface area contributed by atoms with Gasteiger partial charge in [0, 0.05) is 11.3 Å². The first kappa shape index (κ1) is 21.4. The largest absolute Gasteiger partial charge is 0.369 e. The number of nitrogens with two attached hydrogens (primary N) is 1. The lowest BCUT2D eigenvalue weighted by Crippen LogP contribution is -2.22. The minimum absolute atomic E-state index is 0.132. The number of thioether (sulfide) groups is 1. The van der Waals surface area contributed by atoms with Gasteiger partial charge in [-0.1, -0.05) is 60.4 Å². The number of hydrogen-bond donors (Lipinski definition) is 2. The summed E-state index contributed by atoms with van der Waals surface area (Å²) in [5.41, 5.74) is 7.10. The van der Waals surface area contributed by atoms with E-state index in [1.54, 1.807) is 6.92 Å². The highest BCUT2D eigenvalue weighted by Gasteiger charge is 2.19. The molecule has 0 aliphatic carbocycles. The molecule has 0 saturated heterocycles. The molecule has 0 radical (unpaired) electrons. The summed E-state index contributed by atoms with van der Waals surface area (Å²) in [5, 5.41) is 14.0. The molecule has 0 aliphatic rings. The number of rotatable bonds is 9. The van der Waals surface area contributed by atoms with Gasteiger partial charge >= 0.3 is 0 Å². The molecule has 3 aromatic rings. The molecule has 0 bridgehead atoms. The molecule has 3 N–H and O–H groups in total. The van der Waals surface area contributed by atoms with Gasteiger partial charge in [-0.15, -0.1) is 21.5 Å². The quantitative estimate of drug-likeness (QED) is 0.484. The van der Waals surface area contributed by atoms with Crippen molar-refractivity contribution >= 4 is 51.4 Å². The van der Waals surface area contributed by atoms with Crippen molar-refractivity contribution in [3.63, 3.8) is 0 Å². The van der Waals surface area contributed by atoms with Crippen molar-refractivity contribution in [2.45, 2.75) is 42.2 Å². The molecule has 29 heavy (non-hydrogen) atoms. The van der Waals surface area contributed by atoms with Crippen molar-refractivity contribution in [2.24, 2.45) is 5.73 Å². The zero-order valence-corrected chi connectivity index (χ0v) is 18.4. The zero-order chi connectivity index (χ0) is 20.8. The normalized spacial score (nSPS) is 13.0. The van der Waals surface area contributed by atoms with E-state index < -0.39 is 5.91 Å². The summed E-state index contributed by atoms with van der Waals surface area (Å²) >= 11 is 4.07. The fourth-order valence-electron chi connectivity index (χ4n) is 2.63. The van der Waals surface area contributed by atoms with Crippen LogP contribution in [0, 0.1) is 0 Å². The summed E-state index contributed by atoms with van der Waals surface area (Å²) in [6.07, 6.45) is 1.03. The van der Waals surface area contributed by atoms with E-state index >= 15 is 0 Å². The standard InChI is InChI=1S/C19H21N5O2S3/c1-3-14(12-7-5-4-6-8-12)17-23-24-18(29-17)22-15(25)9-13-10-27-19(21-13)28-11(2)16(20)26/h4-8,10-11,14H,3,9H2,1-2H3,(H2,20,26)(H,22,24,25). The van der Waals surface area contributed by atoms with Crippen LogP contribution >= 0.6 is 34.4 Å². The molecule has 2 aromatic heterocycles. The molecule has 0 fully saturated rings. The molecule has 3 rings (SSSR count). The van der Waals surface area contributed by atoms with E-state index in [1.165, 1.54) is 40.0 Å². The Morgan fingerprint density at radius 3 is 2.69 bits per heavy atom. The second-order valence-electron chi connectivity index (χ2n) is 6.31. The van der Waals surface area contributed by atoms with E-state index in [1.807, 2.05) is 23.6 Å². The molecule has 2 atom stereocenters. The smallest absolute Gasteiger partial charge is 0.232 e. The highest BCUT2D eigenvalue weighted by Crippen LogP contribution is 2.31. The van der Waals surface area contributed by atoms with E-state index in [0.717, 1.165) is 11.4 Å². The second-order valence-corrected chi connectivity index (χ2v) is 9.76. The first-order valence-electron chi connectivity index (χ1n) is 9.04. The number of carbonyl (C=O) groups excluding carboxylic acids is 2. The molecule has 1 aromatic carbocycles. The van der Waals surface area contributed by atoms with Crippen molar-refractivity contribution in [1.82, 2.24) is 15.2 Å². The fourth-order valence-corrected chi connectivity index (χ4v) is 5.53. The average molecular weight is 448 g/mol. The predicted molar refractivity (Wildman–Crippen MR) is 117 cm³/mol. The van der Waals surface area contributed by atoms with E-state index in [2.05, 4.69) is 39.6 Å². The van der Waals surface area contributed by atoms with Gasteiger partial charge in [0.15, 0.2) is 4.34 Å². The van der Waals surface area contributed by atoms with Crippen molar-refractivity contribution in [1.29, 1.82) is 0 Å². The fraction of sp³-hybridized carbons (Fsp3) is 0.316. The topological polar surface area (TPSA) is 111 Å². The SMILES string of the molecule is CCC(c1ccccc1)c1nnc(NC(=O)Cc2csc(SC(C)C(N)=O)n2)s1. The number of nitrogens with one attached hydrogen (secondary N) is 1. The van der Waals surface area contributed by atoms with Crippen LogP contribution in [0.5, 0.6) is 0 Å². The van der Waals surface area contributed by atoms with Crippen LogP contribution in [0.4, 0.5) is 5.13 Å². The summed E-state index contributed by atoms with van der Waals surface area (Å²) in [6.45, 7) is 3.83. The van der Waals surface area contributed by atoms with Gasteiger partial charge in [-0.25, -0.2) is 4.98 Å². The maximum Gasteiger partial charge on any atom is 0.232 e. The van der Waals surface area contributed by atoms with E-state index in [4.69, 9.17) is 5.73 Å². The van der Waals surface area contributed by atoms with E-state index in [0.29, 0.717) is 15.2 Å². The molecule has 2 amide bonds.